The number of nitrogens with zero attached hydrogens (tertiary/aromatic N) is 2. The Morgan fingerprint density at radius 2 is 1.75 bits per heavy atom. The van der Waals surface area contributed by atoms with Crippen LogP contribution in [0.1, 0.15) is 16.7 Å². The first-order valence-electron chi connectivity index (χ1n) is 6.94. The van der Waals surface area contributed by atoms with Gasteiger partial charge in [0.05, 0.1) is 11.1 Å². The van der Waals surface area contributed by atoms with E-state index in [-0.39, 0.29) is 12.3 Å². The zero-order valence-corrected chi connectivity index (χ0v) is 12.5. The molecule has 0 amide bonds. The molecule has 0 aliphatic rings. The maximum absolute atomic E-state index is 10.5. The lowest BCUT2D eigenvalue weighted by molar-refractivity contribution is -0.384. The molecule has 7 heteroatoms. The SMILES string of the molecule is O=C(O)C=Cc1ccc(C=NOCc2ccc([N+](=O)[O-])cc2)cc1. The van der Waals surface area contributed by atoms with Crippen LogP contribution in [0.15, 0.2) is 59.8 Å². The molecule has 0 aromatic heterocycles. The summed E-state index contributed by atoms with van der Waals surface area (Å²) in [5.74, 6) is -1.000. The molecule has 0 aliphatic heterocycles. The molecule has 0 saturated carbocycles. The monoisotopic (exact) mass is 326 g/mol. The number of benzene rings is 2. The molecule has 1 N–H and O–H groups in total. The lowest BCUT2D eigenvalue weighted by Crippen LogP contribution is -1.91. The third-order valence-corrected chi connectivity index (χ3v) is 3.01. The molecule has 2 aromatic carbocycles. The van der Waals surface area contributed by atoms with Crippen molar-refractivity contribution >= 4 is 23.9 Å². The van der Waals surface area contributed by atoms with Crippen LogP contribution in [0.2, 0.25) is 0 Å². The molecule has 2 aromatic rings. The summed E-state index contributed by atoms with van der Waals surface area (Å²) in [4.78, 5) is 25.7. The number of carboxylic acids is 1. The number of non-ortho nitro benzene ring substituents is 1. The summed E-state index contributed by atoms with van der Waals surface area (Å²) in [7, 11) is 0. The summed E-state index contributed by atoms with van der Waals surface area (Å²) in [6, 6.07) is 13.1. The van der Waals surface area contributed by atoms with E-state index in [1.54, 1.807) is 36.4 Å². The van der Waals surface area contributed by atoms with Crippen molar-refractivity contribution in [1.29, 1.82) is 0 Å². The Bertz CT molecular complexity index is 765. The molecule has 122 valence electrons. The zero-order valence-electron chi connectivity index (χ0n) is 12.5. The van der Waals surface area contributed by atoms with Gasteiger partial charge in [-0.2, -0.15) is 0 Å². The molecule has 0 aliphatic carbocycles. The van der Waals surface area contributed by atoms with Gasteiger partial charge in [-0.25, -0.2) is 4.79 Å². The molecule has 7 nitrogen and oxygen atoms in total. The van der Waals surface area contributed by atoms with Crippen LogP contribution in [-0.4, -0.2) is 22.2 Å². The second-order valence-electron chi connectivity index (χ2n) is 4.77. The quantitative estimate of drug-likeness (QED) is 0.364. The largest absolute Gasteiger partial charge is 0.478 e. The van der Waals surface area contributed by atoms with E-state index >= 15 is 0 Å². The fourth-order valence-corrected chi connectivity index (χ4v) is 1.78. The molecule has 0 saturated heterocycles. The highest BCUT2D eigenvalue weighted by atomic mass is 16.6. The summed E-state index contributed by atoms with van der Waals surface area (Å²) < 4.78 is 0. The number of hydrogen-bond donors (Lipinski definition) is 1. The second-order valence-corrected chi connectivity index (χ2v) is 4.77. The number of carbonyl (C=O) groups is 1. The third kappa shape index (κ3) is 5.38. The van der Waals surface area contributed by atoms with Gasteiger partial charge >= 0.3 is 5.97 Å². The first-order chi connectivity index (χ1) is 11.5. The van der Waals surface area contributed by atoms with Crippen LogP contribution in [0.3, 0.4) is 0 Å². The number of carboxylic acid groups (broad SMARTS) is 1. The summed E-state index contributed by atoms with van der Waals surface area (Å²) in [5.41, 5.74) is 2.36. The van der Waals surface area contributed by atoms with Gasteiger partial charge in [-0.05, 0) is 34.9 Å². The van der Waals surface area contributed by atoms with Gasteiger partial charge in [0, 0.05) is 18.2 Å². The predicted molar refractivity (Wildman–Crippen MR) is 88.6 cm³/mol. The predicted octanol–water partition coefficient (Wildman–Crippen LogP) is 3.24. The average Bonchev–Trinajstić information content (AvgIpc) is 2.58. The van der Waals surface area contributed by atoms with E-state index in [9.17, 15) is 14.9 Å². The standard InChI is InChI=1S/C17H14N2O5/c20-17(21)10-7-13-1-3-14(4-2-13)11-18-24-12-15-5-8-16(9-6-15)19(22)23/h1-11H,12H2,(H,20,21). The van der Waals surface area contributed by atoms with E-state index in [2.05, 4.69) is 5.16 Å². The Morgan fingerprint density at radius 3 is 2.33 bits per heavy atom. The van der Waals surface area contributed by atoms with Gasteiger partial charge in [0.25, 0.3) is 5.69 Å². The Balaban J connectivity index is 1.85. The van der Waals surface area contributed by atoms with Crippen molar-refractivity contribution < 1.29 is 19.7 Å². The zero-order chi connectivity index (χ0) is 17.4. The van der Waals surface area contributed by atoms with Crippen molar-refractivity contribution in [2.24, 2.45) is 5.16 Å². The molecule has 0 atom stereocenters. The molecule has 0 bridgehead atoms. The number of aliphatic carboxylic acids is 1. The second kappa shape index (κ2) is 8.23. The van der Waals surface area contributed by atoms with Gasteiger partial charge in [0.15, 0.2) is 0 Å². The van der Waals surface area contributed by atoms with Gasteiger partial charge in [-0.3, -0.25) is 10.1 Å². The summed E-state index contributed by atoms with van der Waals surface area (Å²) in [6.07, 6.45) is 4.08. The first-order valence-corrected chi connectivity index (χ1v) is 6.94. The van der Waals surface area contributed by atoms with E-state index in [4.69, 9.17) is 9.94 Å². The molecule has 24 heavy (non-hydrogen) atoms. The van der Waals surface area contributed by atoms with E-state index in [1.165, 1.54) is 24.4 Å². The summed E-state index contributed by atoms with van der Waals surface area (Å²) in [6.45, 7) is 0.202. The van der Waals surface area contributed by atoms with E-state index in [0.717, 1.165) is 22.8 Å². The van der Waals surface area contributed by atoms with Crippen LogP contribution in [-0.2, 0) is 16.2 Å². The maximum Gasteiger partial charge on any atom is 0.328 e. The van der Waals surface area contributed by atoms with Gasteiger partial charge in [-0.15, -0.1) is 0 Å². The molecule has 0 heterocycles. The Morgan fingerprint density at radius 1 is 1.12 bits per heavy atom. The molecule has 2 rings (SSSR count). The normalized spacial score (nSPS) is 11.0. The lowest BCUT2D eigenvalue weighted by atomic mass is 10.1. The van der Waals surface area contributed by atoms with Crippen molar-refractivity contribution in [3.8, 4) is 0 Å². The van der Waals surface area contributed by atoms with Crippen molar-refractivity contribution in [1.82, 2.24) is 0 Å². The molecule has 0 fully saturated rings. The fourth-order valence-electron chi connectivity index (χ4n) is 1.78. The highest BCUT2D eigenvalue weighted by Crippen LogP contribution is 2.12. The van der Waals surface area contributed by atoms with Crippen LogP contribution in [0.4, 0.5) is 5.69 Å². The summed E-state index contributed by atoms with van der Waals surface area (Å²) in [5, 5.41) is 22.9. The smallest absolute Gasteiger partial charge is 0.328 e. The minimum atomic E-state index is -1.000. The highest BCUT2D eigenvalue weighted by Gasteiger charge is 2.03. The number of nitro groups is 1. The van der Waals surface area contributed by atoms with E-state index in [0.29, 0.717) is 0 Å². The average molecular weight is 326 g/mol. The molecule has 0 spiro atoms. The molecular formula is C17H14N2O5. The molecular weight excluding hydrogens is 312 g/mol. The Kier molecular flexibility index (Phi) is 5.79. The third-order valence-electron chi connectivity index (χ3n) is 3.01. The van der Waals surface area contributed by atoms with Gasteiger partial charge in [0.2, 0.25) is 0 Å². The topological polar surface area (TPSA) is 102 Å². The Labute approximate surface area is 137 Å². The Hall–Kier alpha value is -3.48. The number of nitro benzene ring substituents is 1. The van der Waals surface area contributed by atoms with E-state index in [1.807, 2.05) is 0 Å². The van der Waals surface area contributed by atoms with Crippen molar-refractivity contribution in [3.63, 3.8) is 0 Å². The van der Waals surface area contributed by atoms with Crippen LogP contribution in [0, 0.1) is 10.1 Å². The minimum Gasteiger partial charge on any atom is -0.478 e. The van der Waals surface area contributed by atoms with Gasteiger partial charge in [0.1, 0.15) is 6.61 Å². The van der Waals surface area contributed by atoms with Crippen LogP contribution < -0.4 is 0 Å². The van der Waals surface area contributed by atoms with Crippen molar-refractivity contribution in [2.75, 3.05) is 0 Å². The van der Waals surface area contributed by atoms with Crippen molar-refractivity contribution in [2.45, 2.75) is 6.61 Å². The van der Waals surface area contributed by atoms with Crippen LogP contribution >= 0.6 is 0 Å². The van der Waals surface area contributed by atoms with E-state index < -0.39 is 10.9 Å². The number of rotatable bonds is 7. The molecule has 0 unspecified atom stereocenters. The number of hydrogen-bond acceptors (Lipinski definition) is 5. The summed E-state index contributed by atoms with van der Waals surface area (Å²) >= 11 is 0. The van der Waals surface area contributed by atoms with Gasteiger partial charge in [-0.1, -0.05) is 29.4 Å². The number of oxime groups is 1. The fraction of sp³-hybridized carbons (Fsp3) is 0.0588. The van der Waals surface area contributed by atoms with Gasteiger partial charge < -0.3 is 9.94 Å². The van der Waals surface area contributed by atoms with Crippen LogP contribution in [0.5, 0.6) is 0 Å². The maximum atomic E-state index is 10.5. The highest BCUT2D eigenvalue weighted by molar-refractivity contribution is 5.85. The van der Waals surface area contributed by atoms with Crippen LogP contribution in [0.25, 0.3) is 6.08 Å². The first kappa shape index (κ1) is 16.9. The van der Waals surface area contributed by atoms with Crippen molar-refractivity contribution in [3.05, 3.63) is 81.4 Å². The lowest BCUT2D eigenvalue weighted by Gasteiger charge is -2.00. The minimum absolute atomic E-state index is 0.0271. The molecule has 0 radical (unpaired) electrons.